The minimum atomic E-state index is -3.55. The van der Waals surface area contributed by atoms with Crippen LogP contribution >= 0.6 is 0 Å². The van der Waals surface area contributed by atoms with Gasteiger partial charge >= 0.3 is 0 Å². The molecule has 24 heavy (non-hydrogen) atoms. The summed E-state index contributed by atoms with van der Waals surface area (Å²) in [6.07, 6.45) is 4.40. The van der Waals surface area contributed by atoms with Gasteiger partial charge in [0.2, 0.25) is 5.88 Å². The lowest BCUT2D eigenvalue weighted by Crippen LogP contribution is -2.41. The van der Waals surface area contributed by atoms with Gasteiger partial charge in [0.05, 0.1) is 0 Å². The molecule has 0 aromatic carbocycles. The maximum atomic E-state index is 12.7. The van der Waals surface area contributed by atoms with Crippen LogP contribution in [0, 0.1) is 13.8 Å². The molecule has 1 aliphatic rings. The van der Waals surface area contributed by atoms with Crippen LogP contribution in [0.5, 0.6) is 5.88 Å². The summed E-state index contributed by atoms with van der Waals surface area (Å²) >= 11 is 0. The van der Waals surface area contributed by atoms with Crippen molar-refractivity contribution in [3.8, 4) is 5.88 Å². The van der Waals surface area contributed by atoms with Gasteiger partial charge in [-0.3, -0.25) is 0 Å². The monoisotopic (exact) mass is 351 g/mol. The third-order valence-electron chi connectivity index (χ3n) is 4.13. The first-order valence-electron chi connectivity index (χ1n) is 7.82. The Morgan fingerprint density at radius 1 is 1.21 bits per heavy atom. The topological polar surface area (TPSA) is 90.2 Å². The molecule has 2 aromatic rings. The highest BCUT2D eigenvalue weighted by Gasteiger charge is 2.32. The predicted molar refractivity (Wildman–Crippen MR) is 87.1 cm³/mol. The molecule has 3 heterocycles. The fourth-order valence-corrected chi connectivity index (χ4v) is 4.14. The molecule has 2 aromatic heterocycles. The summed E-state index contributed by atoms with van der Waals surface area (Å²) in [5.41, 5.74) is 0. The van der Waals surface area contributed by atoms with E-state index in [4.69, 9.17) is 4.74 Å². The van der Waals surface area contributed by atoms with Crippen LogP contribution in [0.3, 0.4) is 0 Å². The molecule has 0 aliphatic carbocycles. The molecular weight excluding hydrogens is 330 g/mol. The Hall–Kier alpha value is -2.00. The second-order valence-corrected chi connectivity index (χ2v) is 7.79. The molecule has 0 N–H and O–H groups in total. The zero-order valence-corrected chi connectivity index (χ0v) is 14.8. The van der Waals surface area contributed by atoms with E-state index in [0.717, 1.165) is 0 Å². The van der Waals surface area contributed by atoms with Crippen molar-refractivity contribution < 1.29 is 13.2 Å². The number of nitrogens with zero attached hydrogens (tertiary/aromatic N) is 5. The summed E-state index contributed by atoms with van der Waals surface area (Å²) in [4.78, 5) is 12.4. The zero-order chi connectivity index (χ0) is 17.3. The highest BCUT2D eigenvalue weighted by atomic mass is 32.2. The van der Waals surface area contributed by atoms with E-state index in [2.05, 4.69) is 15.0 Å². The molecule has 0 saturated carbocycles. The van der Waals surface area contributed by atoms with Crippen LogP contribution < -0.4 is 4.74 Å². The molecular formula is C15H21N5O3S. The molecule has 0 unspecified atom stereocenters. The molecule has 0 amide bonds. The summed E-state index contributed by atoms with van der Waals surface area (Å²) in [7, 11) is -1.76. The van der Waals surface area contributed by atoms with Crippen LogP contribution in [0.2, 0.25) is 0 Å². The Morgan fingerprint density at radius 2 is 1.92 bits per heavy atom. The molecule has 0 bridgehead atoms. The van der Waals surface area contributed by atoms with Gasteiger partial charge in [-0.1, -0.05) is 0 Å². The number of ether oxygens (including phenoxy) is 1. The van der Waals surface area contributed by atoms with Crippen molar-refractivity contribution in [2.24, 2.45) is 7.05 Å². The van der Waals surface area contributed by atoms with E-state index < -0.39 is 10.0 Å². The maximum absolute atomic E-state index is 12.7. The summed E-state index contributed by atoms with van der Waals surface area (Å²) in [5.74, 6) is 1.85. The van der Waals surface area contributed by atoms with Crippen LogP contribution in [0.15, 0.2) is 23.5 Å². The molecule has 1 aliphatic heterocycles. The van der Waals surface area contributed by atoms with E-state index in [0.29, 0.717) is 43.5 Å². The van der Waals surface area contributed by atoms with E-state index in [1.807, 2.05) is 0 Å². The lowest BCUT2D eigenvalue weighted by Gasteiger charge is -2.30. The molecule has 1 saturated heterocycles. The average Bonchev–Trinajstić information content (AvgIpc) is 2.88. The molecule has 1 fully saturated rings. The number of imidazole rings is 1. The van der Waals surface area contributed by atoms with Crippen molar-refractivity contribution >= 4 is 10.0 Å². The van der Waals surface area contributed by atoms with Crippen molar-refractivity contribution in [2.45, 2.75) is 37.8 Å². The number of rotatable bonds is 4. The normalized spacial score (nSPS) is 17.1. The maximum Gasteiger partial charge on any atom is 0.262 e. The minimum absolute atomic E-state index is 0.0452. The third kappa shape index (κ3) is 3.41. The van der Waals surface area contributed by atoms with Crippen LogP contribution in [-0.4, -0.2) is 51.4 Å². The SMILES string of the molecule is Cc1nccc(OC2CCN(S(=O)(=O)c3cn(C)c(C)n3)CC2)n1. The quantitative estimate of drug-likeness (QED) is 0.818. The second kappa shape index (κ2) is 6.48. The standard InChI is InChI=1S/C15H21N5O3S/c1-11-16-7-4-14(17-11)23-13-5-8-20(9-6-13)24(21,22)15-10-19(3)12(2)18-15/h4,7,10,13H,5-6,8-9H2,1-3H3. The summed E-state index contributed by atoms with van der Waals surface area (Å²) < 4.78 is 34.3. The van der Waals surface area contributed by atoms with Gasteiger partial charge in [0.15, 0.2) is 5.03 Å². The Bertz CT molecular complexity index is 806. The Labute approximate surface area is 141 Å². The van der Waals surface area contributed by atoms with Crippen LogP contribution in [0.1, 0.15) is 24.5 Å². The van der Waals surface area contributed by atoms with Crippen molar-refractivity contribution in [1.82, 2.24) is 23.8 Å². The molecule has 130 valence electrons. The third-order valence-corrected chi connectivity index (χ3v) is 5.90. The van der Waals surface area contributed by atoms with Crippen molar-refractivity contribution in [3.63, 3.8) is 0 Å². The first kappa shape index (κ1) is 16.8. The molecule has 0 radical (unpaired) electrons. The predicted octanol–water partition coefficient (Wildman–Crippen LogP) is 1.06. The highest BCUT2D eigenvalue weighted by molar-refractivity contribution is 7.89. The van der Waals surface area contributed by atoms with E-state index in [9.17, 15) is 8.42 Å². The fraction of sp³-hybridized carbons (Fsp3) is 0.533. The number of piperidine rings is 1. The van der Waals surface area contributed by atoms with E-state index in [-0.39, 0.29) is 11.1 Å². The van der Waals surface area contributed by atoms with Crippen molar-refractivity contribution in [2.75, 3.05) is 13.1 Å². The number of hydrogen-bond donors (Lipinski definition) is 0. The van der Waals surface area contributed by atoms with Gasteiger partial charge in [0, 0.05) is 38.6 Å². The molecule has 8 nitrogen and oxygen atoms in total. The van der Waals surface area contributed by atoms with Gasteiger partial charge in [-0.15, -0.1) is 0 Å². The van der Waals surface area contributed by atoms with Crippen LogP contribution in [0.25, 0.3) is 0 Å². The largest absolute Gasteiger partial charge is 0.474 e. The van der Waals surface area contributed by atoms with E-state index in [1.54, 1.807) is 43.9 Å². The highest BCUT2D eigenvalue weighted by Crippen LogP contribution is 2.22. The van der Waals surface area contributed by atoms with E-state index in [1.165, 1.54) is 4.31 Å². The fourth-order valence-electron chi connectivity index (χ4n) is 2.64. The van der Waals surface area contributed by atoms with Gasteiger partial charge in [-0.05, 0) is 26.7 Å². The van der Waals surface area contributed by atoms with Gasteiger partial charge < -0.3 is 9.30 Å². The molecule has 0 spiro atoms. The number of aromatic nitrogens is 4. The Kier molecular flexibility index (Phi) is 4.55. The second-order valence-electron chi connectivity index (χ2n) is 5.90. The van der Waals surface area contributed by atoms with E-state index >= 15 is 0 Å². The average molecular weight is 351 g/mol. The van der Waals surface area contributed by atoms with Gasteiger partial charge in [0.1, 0.15) is 17.8 Å². The lowest BCUT2D eigenvalue weighted by atomic mass is 10.1. The van der Waals surface area contributed by atoms with Crippen molar-refractivity contribution in [1.29, 1.82) is 0 Å². The molecule has 0 atom stereocenters. The Balaban J connectivity index is 1.64. The number of sulfonamides is 1. The number of aryl methyl sites for hydroxylation is 3. The van der Waals surface area contributed by atoms with Gasteiger partial charge in [0.25, 0.3) is 10.0 Å². The van der Waals surface area contributed by atoms with Crippen LogP contribution in [-0.2, 0) is 17.1 Å². The van der Waals surface area contributed by atoms with Crippen molar-refractivity contribution in [3.05, 3.63) is 30.1 Å². The van der Waals surface area contributed by atoms with Gasteiger partial charge in [-0.25, -0.2) is 18.4 Å². The Morgan fingerprint density at radius 3 is 2.50 bits per heavy atom. The van der Waals surface area contributed by atoms with Gasteiger partial charge in [-0.2, -0.15) is 9.29 Å². The summed E-state index contributed by atoms with van der Waals surface area (Å²) in [5, 5.41) is 0.105. The summed E-state index contributed by atoms with van der Waals surface area (Å²) in [6.45, 7) is 4.40. The number of hydrogen-bond acceptors (Lipinski definition) is 6. The first-order valence-corrected chi connectivity index (χ1v) is 9.26. The molecule has 9 heteroatoms. The lowest BCUT2D eigenvalue weighted by molar-refractivity contribution is 0.129. The minimum Gasteiger partial charge on any atom is -0.474 e. The summed E-state index contributed by atoms with van der Waals surface area (Å²) in [6, 6.07) is 1.72. The zero-order valence-electron chi connectivity index (χ0n) is 14.0. The smallest absolute Gasteiger partial charge is 0.262 e. The first-order chi connectivity index (χ1) is 11.4. The van der Waals surface area contributed by atoms with Crippen LogP contribution in [0.4, 0.5) is 0 Å². The molecule has 3 rings (SSSR count).